The maximum atomic E-state index is 10.8. The number of fused-ring (bicyclic) bond motifs is 1. The molecule has 5 nitrogen and oxygen atoms in total. The van der Waals surface area contributed by atoms with Gasteiger partial charge in [-0.15, -0.1) is 0 Å². The first-order valence-corrected chi connectivity index (χ1v) is 5.67. The van der Waals surface area contributed by atoms with Gasteiger partial charge in [0, 0.05) is 24.7 Å². The van der Waals surface area contributed by atoms with Gasteiger partial charge in [-0.25, -0.2) is 4.98 Å². The van der Waals surface area contributed by atoms with Gasteiger partial charge in [-0.2, -0.15) is 0 Å². The molecule has 0 amide bonds. The average molecular weight is 231 g/mol. The van der Waals surface area contributed by atoms with E-state index in [4.69, 9.17) is 5.11 Å². The number of carboxylic acid groups (broad SMARTS) is 1. The van der Waals surface area contributed by atoms with Crippen LogP contribution < -0.4 is 4.90 Å². The molecule has 1 fully saturated rings. The number of hydrogen-bond donors (Lipinski definition) is 2. The summed E-state index contributed by atoms with van der Waals surface area (Å²) < 4.78 is 0. The lowest BCUT2D eigenvalue weighted by Crippen LogP contribution is -2.37. The minimum absolute atomic E-state index is 0.0451. The van der Waals surface area contributed by atoms with Crippen molar-refractivity contribution in [1.29, 1.82) is 0 Å². The number of hydrogen-bond acceptors (Lipinski definition) is 3. The second kappa shape index (κ2) is 3.76. The lowest BCUT2D eigenvalue weighted by atomic mass is 10.1. The highest BCUT2D eigenvalue weighted by Crippen LogP contribution is 2.25. The molecule has 0 saturated carbocycles. The quantitative estimate of drug-likeness (QED) is 0.837. The SMILES string of the molecule is O=C(O)Cc1c[nH]c2cnc(N3CCC3)cc12. The van der Waals surface area contributed by atoms with Gasteiger partial charge in [-0.3, -0.25) is 4.79 Å². The molecule has 1 aliphatic heterocycles. The van der Waals surface area contributed by atoms with Crippen molar-refractivity contribution in [2.45, 2.75) is 12.8 Å². The predicted octanol–water partition coefficient (Wildman–Crippen LogP) is 1.40. The Balaban J connectivity index is 2.02. The minimum atomic E-state index is -0.812. The molecule has 3 heterocycles. The Kier molecular flexibility index (Phi) is 2.24. The number of nitrogens with zero attached hydrogens (tertiary/aromatic N) is 2. The van der Waals surface area contributed by atoms with Gasteiger partial charge in [0.25, 0.3) is 0 Å². The molecule has 0 atom stereocenters. The number of carboxylic acids is 1. The van der Waals surface area contributed by atoms with E-state index in [-0.39, 0.29) is 6.42 Å². The van der Waals surface area contributed by atoms with E-state index in [0.29, 0.717) is 0 Å². The van der Waals surface area contributed by atoms with Crippen molar-refractivity contribution in [2.75, 3.05) is 18.0 Å². The Morgan fingerprint density at radius 2 is 2.35 bits per heavy atom. The largest absolute Gasteiger partial charge is 0.481 e. The molecule has 17 heavy (non-hydrogen) atoms. The molecule has 0 unspecified atom stereocenters. The lowest BCUT2D eigenvalue weighted by Gasteiger charge is -2.31. The fourth-order valence-corrected chi connectivity index (χ4v) is 2.10. The average Bonchev–Trinajstić information content (AvgIpc) is 2.58. The van der Waals surface area contributed by atoms with Gasteiger partial charge < -0.3 is 15.0 Å². The van der Waals surface area contributed by atoms with Crippen LogP contribution in [0.15, 0.2) is 18.5 Å². The number of rotatable bonds is 3. The summed E-state index contributed by atoms with van der Waals surface area (Å²) in [6, 6.07) is 1.98. The zero-order valence-electron chi connectivity index (χ0n) is 9.31. The van der Waals surface area contributed by atoms with Crippen molar-refractivity contribution in [1.82, 2.24) is 9.97 Å². The normalized spacial score (nSPS) is 14.9. The van der Waals surface area contributed by atoms with Gasteiger partial charge >= 0.3 is 5.97 Å². The summed E-state index contributed by atoms with van der Waals surface area (Å²) in [4.78, 5) is 20.4. The van der Waals surface area contributed by atoms with E-state index in [1.54, 1.807) is 12.4 Å². The Hall–Kier alpha value is -2.04. The van der Waals surface area contributed by atoms with Crippen LogP contribution in [0.1, 0.15) is 12.0 Å². The van der Waals surface area contributed by atoms with E-state index in [2.05, 4.69) is 14.9 Å². The van der Waals surface area contributed by atoms with Crippen LogP contribution in [0.25, 0.3) is 10.9 Å². The lowest BCUT2D eigenvalue weighted by molar-refractivity contribution is -0.136. The fourth-order valence-electron chi connectivity index (χ4n) is 2.10. The first-order valence-electron chi connectivity index (χ1n) is 5.67. The first-order chi connectivity index (χ1) is 8.24. The molecule has 88 valence electrons. The predicted molar refractivity (Wildman–Crippen MR) is 64.3 cm³/mol. The van der Waals surface area contributed by atoms with Gasteiger partial charge in [-0.1, -0.05) is 0 Å². The summed E-state index contributed by atoms with van der Waals surface area (Å²) in [5.41, 5.74) is 1.71. The van der Waals surface area contributed by atoms with Crippen molar-refractivity contribution in [3.05, 3.63) is 24.0 Å². The van der Waals surface area contributed by atoms with E-state index in [0.717, 1.165) is 35.4 Å². The summed E-state index contributed by atoms with van der Waals surface area (Å²) in [6.45, 7) is 2.08. The maximum absolute atomic E-state index is 10.8. The van der Waals surface area contributed by atoms with Crippen molar-refractivity contribution in [2.24, 2.45) is 0 Å². The Bertz CT molecular complexity index is 572. The zero-order valence-corrected chi connectivity index (χ0v) is 9.31. The third kappa shape index (κ3) is 1.73. The van der Waals surface area contributed by atoms with Crippen LogP contribution in [-0.2, 0) is 11.2 Å². The Labute approximate surface area is 98.1 Å². The van der Waals surface area contributed by atoms with E-state index >= 15 is 0 Å². The van der Waals surface area contributed by atoms with E-state index in [1.165, 1.54) is 6.42 Å². The summed E-state index contributed by atoms with van der Waals surface area (Å²) in [5.74, 6) is 0.128. The topological polar surface area (TPSA) is 69.2 Å². The van der Waals surface area contributed by atoms with Crippen LogP contribution in [0, 0.1) is 0 Å². The number of aliphatic carboxylic acids is 1. The number of anilines is 1. The van der Waals surface area contributed by atoms with Crippen LogP contribution in [0.2, 0.25) is 0 Å². The second-order valence-corrected chi connectivity index (χ2v) is 4.31. The Morgan fingerprint density at radius 3 is 3.00 bits per heavy atom. The number of pyridine rings is 1. The van der Waals surface area contributed by atoms with Gasteiger partial charge in [0.15, 0.2) is 0 Å². The molecule has 2 aromatic heterocycles. The summed E-state index contributed by atoms with van der Waals surface area (Å²) in [5, 5.41) is 9.80. The molecule has 0 spiro atoms. The van der Waals surface area contributed by atoms with Crippen LogP contribution in [0.4, 0.5) is 5.82 Å². The van der Waals surface area contributed by atoms with Crippen LogP contribution in [-0.4, -0.2) is 34.1 Å². The molecule has 3 rings (SSSR count). The molecule has 5 heteroatoms. The van der Waals surface area contributed by atoms with Gasteiger partial charge in [0.1, 0.15) is 5.82 Å². The number of aromatic nitrogens is 2. The third-order valence-corrected chi connectivity index (χ3v) is 3.16. The summed E-state index contributed by atoms with van der Waals surface area (Å²) in [6.07, 6.45) is 4.77. The Morgan fingerprint density at radius 1 is 1.53 bits per heavy atom. The highest BCUT2D eigenvalue weighted by atomic mass is 16.4. The molecule has 0 radical (unpaired) electrons. The molecule has 0 bridgehead atoms. The van der Waals surface area contributed by atoms with E-state index in [9.17, 15) is 4.79 Å². The molecule has 0 aliphatic carbocycles. The van der Waals surface area contributed by atoms with Crippen molar-refractivity contribution >= 4 is 22.7 Å². The highest BCUT2D eigenvalue weighted by Gasteiger charge is 2.17. The standard InChI is InChI=1S/C12H13N3O2/c16-12(17)4-8-6-13-10-7-14-11(5-9(8)10)15-2-1-3-15/h5-7,13H,1-4H2,(H,16,17). The highest BCUT2D eigenvalue weighted by molar-refractivity contribution is 5.88. The number of aromatic amines is 1. The molecular weight excluding hydrogens is 218 g/mol. The number of nitrogens with one attached hydrogen (secondary N) is 1. The van der Waals surface area contributed by atoms with Gasteiger partial charge in [-0.05, 0) is 18.1 Å². The van der Waals surface area contributed by atoms with Gasteiger partial charge in [0.2, 0.25) is 0 Å². The molecular formula is C12H13N3O2. The fraction of sp³-hybridized carbons (Fsp3) is 0.333. The molecule has 2 aromatic rings. The van der Waals surface area contributed by atoms with Crippen LogP contribution in [0.5, 0.6) is 0 Å². The number of carbonyl (C=O) groups is 1. The number of H-pyrrole nitrogens is 1. The summed E-state index contributed by atoms with van der Waals surface area (Å²) >= 11 is 0. The zero-order chi connectivity index (χ0) is 11.8. The van der Waals surface area contributed by atoms with Crippen molar-refractivity contribution in [3.63, 3.8) is 0 Å². The van der Waals surface area contributed by atoms with E-state index in [1.807, 2.05) is 6.07 Å². The van der Waals surface area contributed by atoms with Gasteiger partial charge in [0.05, 0.1) is 18.1 Å². The first kappa shape index (κ1) is 10.1. The second-order valence-electron chi connectivity index (χ2n) is 4.31. The van der Waals surface area contributed by atoms with Crippen LogP contribution in [0.3, 0.4) is 0 Å². The molecule has 0 aromatic carbocycles. The molecule has 2 N–H and O–H groups in total. The monoisotopic (exact) mass is 231 g/mol. The molecule has 1 aliphatic rings. The minimum Gasteiger partial charge on any atom is -0.481 e. The molecule has 1 saturated heterocycles. The summed E-state index contributed by atoms with van der Waals surface area (Å²) in [7, 11) is 0. The maximum Gasteiger partial charge on any atom is 0.307 e. The smallest absolute Gasteiger partial charge is 0.307 e. The van der Waals surface area contributed by atoms with Crippen molar-refractivity contribution in [3.8, 4) is 0 Å². The van der Waals surface area contributed by atoms with Crippen LogP contribution >= 0.6 is 0 Å². The van der Waals surface area contributed by atoms with E-state index < -0.39 is 5.97 Å². The third-order valence-electron chi connectivity index (χ3n) is 3.16. The van der Waals surface area contributed by atoms with Crippen molar-refractivity contribution < 1.29 is 9.90 Å².